The van der Waals surface area contributed by atoms with E-state index in [1.165, 1.54) is 11.0 Å². The number of hydrogen-bond donors (Lipinski definition) is 2. The van der Waals surface area contributed by atoms with E-state index in [0.29, 0.717) is 13.1 Å². The van der Waals surface area contributed by atoms with Gasteiger partial charge in [0.25, 0.3) is 0 Å². The Hall–Kier alpha value is -1.67. The predicted molar refractivity (Wildman–Crippen MR) is 73.9 cm³/mol. The molecule has 0 saturated heterocycles. The summed E-state index contributed by atoms with van der Waals surface area (Å²) in [5.41, 5.74) is 5.48. The molecule has 0 atom stereocenters. The maximum atomic E-state index is 13.6. The number of rotatable bonds is 6. The van der Waals surface area contributed by atoms with Crippen LogP contribution in [0.2, 0.25) is 0 Å². The highest BCUT2D eigenvalue weighted by molar-refractivity contribution is 7.89. The van der Waals surface area contributed by atoms with Crippen LogP contribution < -0.4 is 10.5 Å². The van der Waals surface area contributed by atoms with Gasteiger partial charge in [0.2, 0.25) is 15.9 Å². The van der Waals surface area contributed by atoms with Gasteiger partial charge in [-0.3, -0.25) is 4.79 Å². The molecule has 1 aromatic rings. The van der Waals surface area contributed by atoms with E-state index in [0.717, 1.165) is 12.1 Å². The Morgan fingerprint density at radius 2 is 1.95 bits per heavy atom. The Morgan fingerprint density at radius 1 is 1.35 bits per heavy atom. The van der Waals surface area contributed by atoms with Crippen LogP contribution in [0.5, 0.6) is 0 Å². The second-order valence-electron chi connectivity index (χ2n) is 4.08. The first-order valence-electron chi connectivity index (χ1n) is 6.14. The average molecular weight is 303 g/mol. The summed E-state index contributed by atoms with van der Waals surface area (Å²) in [6, 6.07) is 3.26. The van der Waals surface area contributed by atoms with Crippen molar-refractivity contribution >= 4 is 21.6 Å². The number of nitrogens with zero attached hydrogens (tertiary/aromatic N) is 1. The molecule has 0 aliphatic heterocycles. The van der Waals surface area contributed by atoms with Crippen molar-refractivity contribution in [3.63, 3.8) is 0 Å². The molecule has 0 saturated carbocycles. The first kappa shape index (κ1) is 16.4. The number of nitrogens with one attached hydrogen (secondary N) is 1. The highest BCUT2D eigenvalue weighted by atomic mass is 32.2. The Balaban J connectivity index is 2.83. The first-order chi connectivity index (χ1) is 9.31. The Bertz CT molecular complexity index is 586. The van der Waals surface area contributed by atoms with Gasteiger partial charge < -0.3 is 10.6 Å². The van der Waals surface area contributed by atoms with Gasteiger partial charge in [0.1, 0.15) is 10.7 Å². The highest BCUT2D eigenvalue weighted by Gasteiger charge is 2.21. The van der Waals surface area contributed by atoms with Crippen molar-refractivity contribution in [1.29, 1.82) is 0 Å². The molecule has 0 heterocycles. The van der Waals surface area contributed by atoms with Crippen molar-refractivity contribution in [2.24, 2.45) is 0 Å². The molecular weight excluding hydrogens is 285 g/mol. The monoisotopic (exact) mass is 303 g/mol. The number of hydrogen-bond acceptors (Lipinski definition) is 4. The molecule has 3 N–H and O–H groups in total. The summed E-state index contributed by atoms with van der Waals surface area (Å²) in [5.74, 6) is -1.32. The minimum atomic E-state index is -4.08. The van der Waals surface area contributed by atoms with E-state index in [2.05, 4.69) is 4.72 Å². The molecule has 0 aromatic heterocycles. The molecule has 20 heavy (non-hydrogen) atoms. The lowest BCUT2D eigenvalue weighted by atomic mass is 10.3. The first-order valence-corrected chi connectivity index (χ1v) is 7.62. The number of nitrogens with two attached hydrogens (primary N) is 1. The fraction of sp³-hybridized carbons (Fsp3) is 0.417. The zero-order valence-corrected chi connectivity index (χ0v) is 12.2. The minimum absolute atomic E-state index is 0.126. The molecule has 0 radical (unpaired) electrons. The second kappa shape index (κ2) is 6.67. The van der Waals surface area contributed by atoms with Crippen molar-refractivity contribution in [1.82, 2.24) is 9.62 Å². The molecule has 112 valence electrons. The summed E-state index contributed by atoms with van der Waals surface area (Å²) in [4.78, 5) is 12.7. The van der Waals surface area contributed by atoms with Crippen LogP contribution in [0.3, 0.4) is 0 Å². The van der Waals surface area contributed by atoms with Gasteiger partial charge in [0.05, 0.1) is 6.54 Å². The standard InChI is InChI=1S/C12H18FN3O3S/c1-3-16(4-2)12(17)8-15-20(18,19)11-6-5-9(14)7-10(11)13/h5-7,15H,3-4,8,14H2,1-2H3. The molecular formula is C12H18FN3O3S. The summed E-state index contributed by atoms with van der Waals surface area (Å²) in [6.07, 6.45) is 0. The second-order valence-corrected chi connectivity index (χ2v) is 5.82. The van der Waals surface area contributed by atoms with Crippen molar-refractivity contribution in [2.75, 3.05) is 25.4 Å². The zero-order chi connectivity index (χ0) is 15.3. The molecule has 1 amide bonds. The molecule has 0 aliphatic carbocycles. The van der Waals surface area contributed by atoms with Crippen LogP contribution >= 0.6 is 0 Å². The van der Waals surface area contributed by atoms with E-state index in [1.54, 1.807) is 13.8 Å². The summed E-state index contributed by atoms with van der Waals surface area (Å²) in [6.45, 7) is 4.12. The lowest BCUT2D eigenvalue weighted by Gasteiger charge is -2.18. The Labute approximate surface area is 117 Å². The summed E-state index contributed by atoms with van der Waals surface area (Å²) in [7, 11) is -4.08. The number of benzene rings is 1. The van der Waals surface area contributed by atoms with Gasteiger partial charge in [-0.1, -0.05) is 0 Å². The SMILES string of the molecule is CCN(CC)C(=O)CNS(=O)(=O)c1ccc(N)cc1F. The van der Waals surface area contributed by atoms with E-state index < -0.39 is 27.3 Å². The van der Waals surface area contributed by atoms with Crippen LogP contribution in [-0.4, -0.2) is 38.9 Å². The zero-order valence-electron chi connectivity index (χ0n) is 11.4. The van der Waals surface area contributed by atoms with Gasteiger partial charge in [-0.25, -0.2) is 17.5 Å². The maximum absolute atomic E-state index is 13.6. The van der Waals surface area contributed by atoms with E-state index in [1.807, 2.05) is 0 Å². The molecule has 0 fully saturated rings. The lowest BCUT2D eigenvalue weighted by Crippen LogP contribution is -2.40. The molecule has 1 rings (SSSR count). The predicted octanol–water partition coefficient (Wildman–Crippen LogP) is 0.555. The number of likely N-dealkylation sites (N-methyl/N-ethyl adjacent to an activating group) is 1. The quantitative estimate of drug-likeness (QED) is 0.751. The normalized spacial score (nSPS) is 11.3. The van der Waals surface area contributed by atoms with Crippen molar-refractivity contribution < 1.29 is 17.6 Å². The molecule has 0 aliphatic rings. The molecule has 0 spiro atoms. The van der Waals surface area contributed by atoms with Crippen LogP contribution in [-0.2, 0) is 14.8 Å². The minimum Gasteiger partial charge on any atom is -0.399 e. The number of carbonyl (C=O) groups is 1. The summed E-state index contributed by atoms with van der Waals surface area (Å²) >= 11 is 0. The molecule has 0 unspecified atom stereocenters. The van der Waals surface area contributed by atoms with Gasteiger partial charge in [0, 0.05) is 18.8 Å². The summed E-state index contributed by atoms with van der Waals surface area (Å²) in [5, 5.41) is 0. The smallest absolute Gasteiger partial charge is 0.243 e. The summed E-state index contributed by atoms with van der Waals surface area (Å²) < 4.78 is 39.5. The lowest BCUT2D eigenvalue weighted by molar-refractivity contribution is -0.129. The Kier molecular flexibility index (Phi) is 5.46. The fourth-order valence-electron chi connectivity index (χ4n) is 1.66. The van der Waals surface area contributed by atoms with E-state index in [4.69, 9.17) is 5.73 Å². The molecule has 6 nitrogen and oxygen atoms in total. The van der Waals surface area contributed by atoms with E-state index in [-0.39, 0.29) is 11.6 Å². The third-order valence-corrected chi connectivity index (χ3v) is 4.21. The van der Waals surface area contributed by atoms with Gasteiger partial charge in [-0.15, -0.1) is 0 Å². The third-order valence-electron chi connectivity index (χ3n) is 2.78. The third kappa shape index (κ3) is 3.91. The van der Waals surface area contributed by atoms with Crippen LogP contribution in [0.15, 0.2) is 23.1 Å². The van der Waals surface area contributed by atoms with Gasteiger partial charge in [0.15, 0.2) is 0 Å². The topological polar surface area (TPSA) is 92.5 Å². The Morgan fingerprint density at radius 3 is 2.45 bits per heavy atom. The molecule has 1 aromatic carbocycles. The van der Waals surface area contributed by atoms with E-state index in [9.17, 15) is 17.6 Å². The fourth-order valence-corrected chi connectivity index (χ4v) is 2.69. The van der Waals surface area contributed by atoms with Crippen LogP contribution in [0.4, 0.5) is 10.1 Å². The number of anilines is 1. The van der Waals surface area contributed by atoms with Crippen molar-refractivity contribution in [3.8, 4) is 0 Å². The number of halogens is 1. The van der Waals surface area contributed by atoms with Crippen molar-refractivity contribution in [3.05, 3.63) is 24.0 Å². The van der Waals surface area contributed by atoms with Crippen LogP contribution in [0.25, 0.3) is 0 Å². The molecule has 8 heteroatoms. The van der Waals surface area contributed by atoms with Gasteiger partial charge in [-0.05, 0) is 32.0 Å². The highest BCUT2D eigenvalue weighted by Crippen LogP contribution is 2.16. The molecule has 0 bridgehead atoms. The number of nitrogen functional groups attached to an aromatic ring is 1. The van der Waals surface area contributed by atoms with Gasteiger partial charge in [-0.2, -0.15) is 0 Å². The number of carbonyl (C=O) groups excluding carboxylic acids is 1. The largest absolute Gasteiger partial charge is 0.399 e. The maximum Gasteiger partial charge on any atom is 0.243 e. The number of amides is 1. The van der Waals surface area contributed by atoms with Gasteiger partial charge >= 0.3 is 0 Å². The average Bonchev–Trinajstić information content (AvgIpc) is 2.37. The van der Waals surface area contributed by atoms with Crippen LogP contribution in [0.1, 0.15) is 13.8 Å². The van der Waals surface area contributed by atoms with Crippen LogP contribution in [0, 0.1) is 5.82 Å². The number of sulfonamides is 1. The van der Waals surface area contributed by atoms with Crippen molar-refractivity contribution in [2.45, 2.75) is 18.7 Å². The van der Waals surface area contributed by atoms with E-state index >= 15 is 0 Å².